The van der Waals surface area contributed by atoms with E-state index in [4.69, 9.17) is 14.6 Å². The third-order valence-electron chi connectivity index (χ3n) is 4.25. The minimum absolute atomic E-state index is 0.174. The average Bonchev–Trinajstić information content (AvgIpc) is 2.73. The summed E-state index contributed by atoms with van der Waals surface area (Å²) in [7, 11) is 1.51. The Hall–Kier alpha value is -3.80. The molecule has 6 heteroatoms. The van der Waals surface area contributed by atoms with Crippen LogP contribution in [0, 0.1) is 0 Å². The van der Waals surface area contributed by atoms with Crippen molar-refractivity contribution in [3.8, 4) is 11.5 Å². The molecule has 0 aliphatic carbocycles. The van der Waals surface area contributed by atoms with E-state index >= 15 is 0 Å². The molecule has 0 bridgehead atoms. The van der Waals surface area contributed by atoms with Crippen LogP contribution in [0.2, 0.25) is 0 Å². The first-order valence-corrected chi connectivity index (χ1v) is 9.04. The fraction of sp³-hybridized carbons (Fsp3) is 0.130. The Morgan fingerprint density at radius 3 is 2.41 bits per heavy atom. The normalized spacial score (nSPS) is 10.2. The van der Waals surface area contributed by atoms with Crippen LogP contribution in [0.25, 0.3) is 0 Å². The van der Waals surface area contributed by atoms with Gasteiger partial charge in [0.15, 0.2) is 11.5 Å². The zero-order chi connectivity index (χ0) is 20.6. The molecule has 29 heavy (non-hydrogen) atoms. The largest absolute Gasteiger partial charge is 0.493 e. The minimum atomic E-state index is -0.975. The van der Waals surface area contributed by atoms with Crippen LogP contribution in [0.3, 0.4) is 0 Å². The summed E-state index contributed by atoms with van der Waals surface area (Å²) >= 11 is 0. The van der Waals surface area contributed by atoms with Crippen molar-refractivity contribution >= 4 is 17.6 Å². The van der Waals surface area contributed by atoms with E-state index in [1.807, 2.05) is 36.4 Å². The molecule has 3 aromatic rings. The number of anilines is 1. The summed E-state index contributed by atoms with van der Waals surface area (Å²) in [6.45, 7) is 0.456. The van der Waals surface area contributed by atoms with Gasteiger partial charge in [0.1, 0.15) is 0 Å². The zero-order valence-corrected chi connectivity index (χ0v) is 15.9. The molecule has 0 fully saturated rings. The number of benzene rings is 3. The third kappa shape index (κ3) is 5.59. The van der Waals surface area contributed by atoms with Crippen LogP contribution in [0.15, 0.2) is 72.8 Å². The Balaban J connectivity index is 1.64. The Kier molecular flexibility index (Phi) is 6.47. The molecular weight excluding hydrogens is 370 g/mol. The molecular formula is C23H21NO5. The van der Waals surface area contributed by atoms with Gasteiger partial charge in [-0.1, -0.05) is 42.5 Å². The van der Waals surface area contributed by atoms with Crippen molar-refractivity contribution in [2.75, 3.05) is 12.4 Å². The van der Waals surface area contributed by atoms with Crippen molar-refractivity contribution in [2.24, 2.45) is 0 Å². The Morgan fingerprint density at radius 1 is 0.897 bits per heavy atom. The summed E-state index contributed by atoms with van der Waals surface area (Å²) in [5, 5.41) is 12.2. The van der Waals surface area contributed by atoms with Crippen LogP contribution in [-0.2, 0) is 17.8 Å². The van der Waals surface area contributed by atoms with E-state index in [9.17, 15) is 9.59 Å². The summed E-state index contributed by atoms with van der Waals surface area (Å²) in [5.74, 6) is -0.544. The molecule has 0 aliphatic rings. The number of carbonyl (C=O) groups excluding carboxylic acids is 1. The molecule has 0 atom stereocenters. The van der Waals surface area contributed by atoms with E-state index in [1.54, 1.807) is 30.3 Å². The first-order valence-electron chi connectivity index (χ1n) is 9.04. The van der Waals surface area contributed by atoms with Crippen molar-refractivity contribution in [2.45, 2.75) is 13.0 Å². The topological polar surface area (TPSA) is 84.9 Å². The summed E-state index contributed by atoms with van der Waals surface area (Å²) in [5.41, 5.74) is 2.68. The standard InChI is InChI=1S/C23H21NO5/c1-28-21-12-17(15-24-19-9-5-8-18(14-19)23(26)27)10-11-20(21)29-22(25)13-16-6-3-2-4-7-16/h2-12,14,24H,13,15H2,1H3,(H,26,27). The summed E-state index contributed by atoms with van der Waals surface area (Å²) in [6.07, 6.45) is 0.174. The van der Waals surface area contributed by atoms with Gasteiger partial charge in [-0.15, -0.1) is 0 Å². The van der Waals surface area contributed by atoms with Gasteiger partial charge in [-0.3, -0.25) is 4.79 Å². The van der Waals surface area contributed by atoms with Crippen LogP contribution < -0.4 is 14.8 Å². The maximum absolute atomic E-state index is 12.2. The van der Waals surface area contributed by atoms with Gasteiger partial charge in [-0.25, -0.2) is 4.79 Å². The number of carbonyl (C=O) groups is 2. The maximum Gasteiger partial charge on any atom is 0.335 e. The van der Waals surface area contributed by atoms with Crippen LogP contribution >= 0.6 is 0 Å². The SMILES string of the molecule is COc1cc(CNc2cccc(C(=O)O)c2)ccc1OC(=O)Cc1ccccc1. The molecule has 148 valence electrons. The van der Waals surface area contributed by atoms with Gasteiger partial charge in [0.05, 0.1) is 19.1 Å². The van der Waals surface area contributed by atoms with Crippen LogP contribution in [0.4, 0.5) is 5.69 Å². The van der Waals surface area contributed by atoms with Gasteiger partial charge < -0.3 is 19.9 Å². The number of methoxy groups -OCH3 is 1. The third-order valence-corrected chi connectivity index (χ3v) is 4.25. The minimum Gasteiger partial charge on any atom is -0.493 e. The highest BCUT2D eigenvalue weighted by Crippen LogP contribution is 2.29. The van der Waals surface area contributed by atoms with E-state index in [0.717, 1.165) is 11.1 Å². The fourth-order valence-corrected chi connectivity index (χ4v) is 2.79. The number of carboxylic acid groups (broad SMARTS) is 1. The number of carboxylic acids is 1. The second kappa shape index (κ2) is 9.41. The molecule has 3 aromatic carbocycles. The molecule has 0 heterocycles. The highest BCUT2D eigenvalue weighted by atomic mass is 16.6. The van der Waals surface area contributed by atoms with E-state index in [-0.39, 0.29) is 18.0 Å². The molecule has 0 radical (unpaired) electrons. The van der Waals surface area contributed by atoms with E-state index in [0.29, 0.717) is 23.7 Å². The molecule has 6 nitrogen and oxygen atoms in total. The quantitative estimate of drug-likeness (QED) is 0.443. The van der Waals surface area contributed by atoms with Crippen molar-refractivity contribution in [3.05, 3.63) is 89.5 Å². The zero-order valence-electron chi connectivity index (χ0n) is 15.9. The molecule has 0 unspecified atom stereocenters. The van der Waals surface area contributed by atoms with Crippen LogP contribution in [-0.4, -0.2) is 24.2 Å². The molecule has 3 rings (SSSR count). The molecule has 0 saturated carbocycles. The van der Waals surface area contributed by atoms with Gasteiger partial charge in [0.25, 0.3) is 0 Å². The lowest BCUT2D eigenvalue weighted by Crippen LogP contribution is -2.12. The predicted octanol–water partition coefficient (Wildman–Crippen LogP) is 4.15. The van der Waals surface area contributed by atoms with Crippen LogP contribution in [0.1, 0.15) is 21.5 Å². The number of hydrogen-bond donors (Lipinski definition) is 2. The predicted molar refractivity (Wildman–Crippen MR) is 110 cm³/mol. The molecule has 0 spiro atoms. The average molecular weight is 391 g/mol. The van der Waals surface area contributed by atoms with Crippen molar-refractivity contribution in [1.29, 1.82) is 0 Å². The van der Waals surface area contributed by atoms with Crippen molar-refractivity contribution < 1.29 is 24.2 Å². The second-order valence-corrected chi connectivity index (χ2v) is 6.36. The molecule has 0 aliphatic heterocycles. The Bertz CT molecular complexity index is 1000. The molecule has 0 saturated heterocycles. The molecule has 0 amide bonds. The van der Waals surface area contributed by atoms with Gasteiger partial charge >= 0.3 is 11.9 Å². The highest BCUT2D eigenvalue weighted by molar-refractivity contribution is 5.88. The van der Waals surface area contributed by atoms with Gasteiger partial charge in [0.2, 0.25) is 0 Å². The summed E-state index contributed by atoms with van der Waals surface area (Å²) < 4.78 is 10.8. The molecule has 0 aromatic heterocycles. The van der Waals surface area contributed by atoms with Gasteiger partial charge in [-0.05, 0) is 41.5 Å². The monoisotopic (exact) mass is 391 g/mol. The lowest BCUT2D eigenvalue weighted by molar-refractivity contribution is -0.133. The summed E-state index contributed by atoms with van der Waals surface area (Å²) in [6, 6.07) is 21.2. The smallest absolute Gasteiger partial charge is 0.335 e. The Morgan fingerprint density at radius 2 is 1.69 bits per heavy atom. The van der Waals surface area contributed by atoms with E-state index in [2.05, 4.69) is 5.32 Å². The first-order chi connectivity index (χ1) is 14.0. The lowest BCUT2D eigenvalue weighted by atomic mass is 10.1. The van der Waals surface area contributed by atoms with Crippen molar-refractivity contribution in [3.63, 3.8) is 0 Å². The van der Waals surface area contributed by atoms with Gasteiger partial charge in [0, 0.05) is 12.2 Å². The summed E-state index contributed by atoms with van der Waals surface area (Å²) in [4.78, 5) is 23.3. The van der Waals surface area contributed by atoms with Crippen LogP contribution in [0.5, 0.6) is 11.5 Å². The van der Waals surface area contributed by atoms with Crippen molar-refractivity contribution in [1.82, 2.24) is 0 Å². The maximum atomic E-state index is 12.2. The number of hydrogen-bond acceptors (Lipinski definition) is 5. The number of ether oxygens (including phenoxy) is 2. The second-order valence-electron chi connectivity index (χ2n) is 6.36. The fourth-order valence-electron chi connectivity index (χ4n) is 2.79. The lowest BCUT2D eigenvalue weighted by Gasteiger charge is -2.12. The number of esters is 1. The Labute approximate surface area is 168 Å². The first kappa shape index (κ1) is 19.9. The number of aromatic carboxylic acids is 1. The molecule has 2 N–H and O–H groups in total. The number of rotatable bonds is 8. The van der Waals surface area contributed by atoms with E-state index in [1.165, 1.54) is 13.2 Å². The van der Waals surface area contributed by atoms with Gasteiger partial charge in [-0.2, -0.15) is 0 Å². The number of nitrogens with one attached hydrogen (secondary N) is 1. The van der Waals surface area contributed by atoms with E-state index < -0.39 is 5.97 Å². The highest BCUT2D eigenvalue weighted by Gasteiger charge is 2.12.